The van der Waals surface area contributed by atoms with Crippen LogP contribution in [0.25, 0.3) is 0 Å². The molecule has 1 aliphatic carbocycles. The Labute approximate surface area is 156 Å². The first-order valence-corrected chi connectivity index (χ1v) is 10.3. The number of sulfonamides is 1. The SMILES string of the molecule is CS(=O)(=O)NC(=O)c1cc(Cl)c(F)cc1Oc1ccc2c(c1)CCCC2. The lowest BCUT2D eigenvalue weighted by Crippen LogP contribution is -2.29. The highest BCUT2D eigenvalue weighted by Gasteiger charge is 2.20. The smallest absolute Gasteiger partial charge is 0.268 e. The first-order chi connectivity index (χ1) is 12.2. The van der Waals surface area contributed by atoms with Crippen molar-refractivity contribution in [1.82, 2.24) is 4.72 Å². The fourth-order valence-corrected chi connectivity index (χ4v) is 3.52. The highest BCUT2D eigenvalue weighted by molar-refractivity contribution is 7.89. The van der Waals surface area contributed by atoms with E-state index < -0.39 is 21.7 Å². The van der Waals surface area contributed by atoms with Crippen LogP contribution in [0.1, 0.15) is 34.3 Å². The molecule has 1 N–H and O–H groups in total. The summed E-state index contributed by atoms with van der Waals surface area (Å²) in [4.78, 5) is 12.2. The molecule has 2 aromatic rings. The van der Waals surface area contributed by atoms with Crippen LogP contribution in [0.5, 0.6) is 11.5 Å². The van der Waals surface area contributed by atoms with Crippen LogP contribution < -0.4 is 9.46 Å². The quantitative estimate of drug-likeness (QED) is 0.850. The number of rotatable bonds is 4. The molecule has 0 heterocycles. The van der Waals surface area contributed by atoms with Crippen LogP contribution in [0, 0.1) is 5.82 Å². The molecule has 0 radical (unpaired) electrons. The summed E-state index contributed by atoms with van der Waals surface area (Å²) in [7, 11) is -3.79. The number of aryl methyl sites for hydroxylation is 2. The minimum absolute atomic E-state index is 0.108. The van der Waals surface area contributed by atoms with E-state index in [0.717, 1.165) is 49.6 Å². The minimum atomic E-state index is -3.79. The van der Waals surface area contributed by atoms with Gasteiger partial charge in [-0.15, -0.1) is 0 Å². The Balaban J connectivity index is 1.96. The number of benzene rings is 2. The van der Waals surface area contributed by atoms with Crippen molar-refractivity contribution < 1.29 is 22.3 Å². The second-order valence-corrected chi connectivity index (χ2v) is 8.36. The van der Waals surface area contributed by atoms with Crippen LogP contribution in [0.4, 0.5) is 4.39 Å². The van der Waals surface area contributed by atoms with Crippen LogP contribution >= 0.6 is 11.6 Å². The minimum Gasteiger partial charge on any atom is -0.456 e. The van der Waals surface area contributed by atoms with Crippen molar-refractivity contribution >= 4 is 27.5 Å². The number of hydrogen-bond donors (Lipinski definition) is 1. The van der Waals surface area contributed by atoms with Gasteiger partial charge < -0.3 is 4.74 Å². The Kier molecular flexibility index (Phi) is 5.20. The molecule has 138 valence electrons. The summed E-state index contributed by atoms with van der Waals surface area (Å²) in [5, 5.41) is -0.304. The number of fused-ring (bicyclic) bond motifs is 1. The van der Waals surface area contributed by atoms with Crippen molar-refractivity contribution in [3.8, 4) is 11.5 Å². The summed E-state index contributed by atoms with van der Waals surface area (Å²) in [6.45, 7) is 0. The molecule has 26 heavy (non-hydrogen) atoms. The molecule has 0 unspecified atom stereocenters. The standard InChI is InChI=1S/C18H17ClFNO4S/c1-26(23,24)21-18(22)14-9-15(19)16(20)10-17(14)25-13-7-6-11-4-2-3-5-12(11)8-13/h6-10H,2-5H2,1H3,(H,21,22). The molecule has 0 atom stereocenters. The third kappa shape index (κ3) is 4.34. The highest BCUT2D eigenvalue weighted by Crippen LogP contribution is 2.32. The van der Waals surface area contributed by atoms with E-state index in [9.17, 15) is 17.6 Å². The van der Waals surface area contributed by atoms with Gasteiger partial charge in [0.2, 0.25) is 10.0 Å². The molecule has 0 saturated heterocycles. The molecule has 1 aliphatic rings. The van der Waals surface area contributed by atoms with Crippen molar-refractivity contribution in [2.45, 2.75) is 25.7 Å². The number of nitrogens with one attached hydrogen (secondary N) is 1. The fraction of sp³-hybridized carbons (Fsp3) is 0.278. The molecule has 3 rings (SSSR count). The van der Waals surface area contributed by atoms with E-state index in [1.807, 2.05) is 16.9 Å². The molecule has 0 bridgehead atoms. The zero-order chi connectivity index (χ0) is 18.9. The van der Waals surface area contributed by atoms with Crippen LogP contribution in [0.3, 0.4) is 0 Å². The predicted octanol–water partition coefficient (Wildman–Crippen LogP) is 3.84. The number of halogens is 2. The fourth-order valence-electron chi connectivity index (χ4n) is 2.91. The maximum atomic E-state index is 13.9. The van der Waals surface area contributed by atoms with E-state index in [4.69, 9.17) is 16.3 Å². The van der Waals surface area contributed by atoms with Gasteiger partial charge in [0.05, 0.1) is 16.8 Å². The van der Waals surface area contributed by atoms with Crippen molar-refractivity contribution in [3.05, 3.63) is 57.9 Å². The van der Waals surface area contributed by atoms with Crippen LogP contribution in [-0.2, 0) is 22.9 Å². The van der Waals surface area contributed by atoms with Gasteiger partial charge in [-0.25, -0.2) is 17.5 Å². The normalized spacial score (nSPS) is 13.8. The Morgan fingerprint density at radius 2 is 1.85 bits per heavy atom. The maximum absolute atomic E-state index is 13.9. The Morgan fingerprint density at radius 3 is 2.54 bits per heavy atom. The number of ether oxygens (including phenoxy) is 1. The first-order valence-electron chi connectivity index (χ1n) is 8.04. The molecule has 1 amide bonds. The molecule has 5 nitrogen and oxygen atoms in total. The van der Waals surface area contributed by atoms with Crippen molar-refractivity contribution in [2.24, 2.45) is 0 Å². The Morgan fingerprint density at radius 1 is 1.15 bits per heavy atom. The topological polar surface area (TPSA) is 72.5 Å². The Hall–Kier alpha value is -2.12. The maximum Gasteiger partial charge on any atom is 0.268 e. The molecule has 0 fully saturated rings. The first kappa shape index (κ1) is 18.7. The average molecular weight is 398 g/mol. The van der Waals surface area contributed by atoms with Crippen molar-refractivity contribution in [1.29, 1.82) is 0 Å². The molecule has 0 spiro atoms. The number of carbonyl (C=O) groups excluding carboxylic acids is 1. The van der Waals surface area contributed by atoms with E-state index in [-0.39, 0.29) is 16.3 Å². The third-order valence-electron chi connectivity index (χ3n) is 4.09. The van der Waals surface area contributed by atoms with Gasteiger partial charge in [-0.05, 0) is 55.0 Å². The van der Waals surface area contributed by atoms with Gasteiger partial charge in [-0.1, -0.05) is 17.7 Å². The van der Waals surface area contributed by atoms with Gasteiger partial charge in [-0.3, -0.25) is 4.79 Å². The van der Waals surface area contributed by atoms with Crippen LogP contribution in [0.15, 0.2) is 30.3 Å². The number of amides is 1. The van der Waals surface area contributed by atoms with Gasteiger partial charge in [0.15, 0.2) is 0 Å². The summed E-state index contributed by atoms with van der Waals surface area (Å²) >= 11 is 5.74. The van der Waals surface area contributed by atoms with Gasteiger partial charge in [-0.2, -0.15) is 0 Å². The van der Waals surface area contributed by atoms with Gasteiger partial charge in [0, 0.05) is 6.07 Å². The molecule has 8 heteroatoms. The van der Waals surface area contributed by atoms with E-state index >= 15 is 0 Å². The monoisotopic (exact) mass is 397 g/mol. The number of hydrogen-bond acceptors (Lipinski definition) is 4. The molecule has 2 aromatic carbocycles. The molecule has 0 aliphatic heterocycles. The molecular weight excluding hydrogens is 381 g/mol. The van der Waals surface area contributed by atoms with Gasteiger partial charge in [0.1, 0.15) is 17.3 Å². The second-order valence-electron chi connectivity index (χ2n) is 6.21. The zero-order valence-electron chi connectivity index (χ0n) is 14.0. The Bertz CT molecular complexity index is 975. The van der Waals surface area contributed by atoms with E-state index in [0.29, 0.717) is 5.75 Å². The second kappa shape index (κ2) is 7.25. The molecule has 0 saturated carbocycles. The predicted molar refractivity (Wildman–Crippen MR) is 96.9 cm³/mol. The van der Waals surface area contributed by atoms with Crippen LogP contribution in [0.2, 0.25) is 5.02 Å². The lowest BCUT2D eigenvalue weighted by molar-refractivity contribution is 0.0979. The van der Waals surface area contributed by atoms with E-state index in [1.54, 1.807) is 6.07 Å². The zero-order valence-corrected chi connectivity index (χ0v) is 15.6. The summed E-state index contributed by atoms with van der Waals surface area (Å²) in [5.41, 5.74) is 2.24. The van der Waals surface area contributed by atoms with E-state index in [1.165, 1.54) is 5.56 Å². The summed E-state index contributed by atoms with van der Waals surface area (Å²) in [6.07, 6.45) is 5.02. The lowest BCUT2D eigenvalue weighted by atomic mass is 9.92. The molecule has 0 aromatic heterocycles. The van der Waals surface area contributed by atoms with Crippen molar-refractivity contribution in [2.75, 3.05) is 6.26 Å². The lowest BCUT2D eigenvalue weighted by Gasteiger charge is -2.17. The largest absolute Gasteiger partial charge is 0.456 e. The highest BCUT2D eigenvalue weighted by atomic mass is 35.5. The average Bonchev–Trinajstić information content (AvgIpc) is 2.56. The van der Waals surface area contributed by atoms with Gasteiger partial charge in [0.25, 0.3) is 5.91 Å². The summed E-state index contributed by atoms with van der Waals surface area (Å²) < 4.78 is 44.0. The summed E-state index contributed by atoms with van der Waals surface area (Å²) in [5.74, 6) is -1.37. The third-order valence-corrected chi connectivity index (χ3v) is 4.94. The number of carbonyl (C=O) groups is 1. The van der Waals surface area contributed by atoms with E-state index in [2.05, 4.69) is 0 Å². The van der Waals surface area contributed by atoms with Crippen LogP contribution in [-0.4, -0.2) is 20.6 Å². The summed E-state index contributed by atoms with van der Waals surface area (Å²) in [6, 6.07) is 7.57. The molecular formula is C18H17ClFNO4S. The van der Waals surface area contributed by atoms with Crippen molar-refractivity contribution in [3.63, 3.8) is 0 Å². The van der Waals surface area contributed by atoms with Gasteiger partial charge >= 0.3 is 0 Å².